The number of nitrogens with one attached hydrogen (secondary N) is 1. The molecule has 0 radical (unpaired) electrons. The number of imidazole rings is 1. The van der Waals surface area contributed by atoms with Gasteiger partial charge in [0, 0.05) is 38.6 Å². The van der Waals surface area contributed by atoms with Crippen LogP contribution in [-0.4, -0.2) is 33.6 Å². The summed E-state index contributed by atoms with van der Waals surface area (Å²) in [6.45, 7) is 3.20. The second kappa shape index (κ2) is 7.60. The average Bonchev–Trinajstić information content (AvgIpc) is 3.19. The molecule has 4 rings (SSSR count). The Kier molecular flexibility index (Phi) is 4.86. The zero-order valence-corrected chi connectivity index (χ0v) is 14.8. The Morgan fingerprint density at radius 2 is 1.92 bits per heavy atom. The molecule has 2 heterocycles. The van der Waals surface area contributed by atoms with Crippen LogP contribution < -0.4 is 5.32 Å². The summed E-state index contributed by atoms with van der Waals surface area (Å²) in [6, 6.07) is 14.6. The van der Waals surface area contributed by atoms with E-state index in [-0.39, 0.29) is 6.03 Å². The molecule has 0 saturated carbocycles. The number of aromatic nitrogens is 2. The maximum Gasteiger partial charge on any atom is 0.317 e. The van der Waals surface area contributed by atoms with E-state index in [4.69, 9.17) is 0 Å². The van der Waals surface area contributed by atoms with Crippen LogP contribution in [0, 0.1) is 5.92 Å². The lowest BCUT2D eigenvalue weighted by Crippen LogP contribution is -2.44. The van der Waals surface area contributed by atoms with Gasteiger partial charge < -0.3 is 14.8 Å². The molecule has 2 amide bonds. The fourth-order valence-electron chi connectivity index (χ4n) is 3.74. The van der Waals surface area contributed by atoms with Gasteiger partial charge in [-0.15, -0.1) is 0 Å². The highest BCUT2D eigenvalue weighted by Crippen LogP contribution is 2.20. The first-order valence-corrected chi connectivity index (χ1v) is 9.25. The van der Waals surface area contributed by atoms with Crippen LogP contribution in [0.2, 0.25) is 0 Å². The fraction of sp³-hybridized carbons (Fsp3) is 0.333. The molecule has 1 saturated heterocycles. The van der Waals surface area contributed by atoms with E-state index in [9.17, 15) is 4.79 Å². The van der Waals surface area contributed by atoms with E-state index in [1.54, 1.807) is 0 Å². The van der Waals surface area contributed by atoms with Crippen LogP contribution in [0.25, 0.3) is 10.8 Å². The minimum atomic E-state index is 0.0408. The summed E-state index contributed by atoms with van der Waals surface area (Å²) in [5, 5.41) is 5.50. The maximum absolute atomic E-state index is 12.5. The molecular weight excluding hydrogens is 324 g/mol. The molecule has 1 aliphatic heterocycles. The molecule has 0 aliphatic carbocycles. The molecule has 0 bridgehead atoms. The lowest BCUT2D eigenvalue weighted by molar-refractivity contribution is 0.165. The summed E-state index contributed by atoms with van der Waals surface area (Å²) in [6.07, 6.45) is 7.77. The monoisotopic (exact) mass is 348 g/mol. The van der Waals surface area contributed by atoms with Crippen molar-refractivity contribution in [3.8, 4) is 0 Å². The predicted molar refractivity (Wildman–Crippen MR) is 103 cm³/mol. The number of benzene rings is 2. The minimum absolute atomic E-state index is 0.0408. The zero-order chi connectivity index (χ0) is 17.8. The lowest BCUT2D eigenvalue weighted by Gasteiger charge is -2.32. The van der Waals surface area contributed by atoms with Crippen molar-refractivity contribution in [3.05, 3.63) is 66.7 Å². The van der Waals surface area contributed by atoms with Crippen LogP contribution in [0.5, 0.6) is 0 Å². The van der Waals surface area contributed by atoms with Crippen molar-refractivity contribution < 1.29 is 4.79 Å². The van der Waals surface area contributed by atoms with Gasteiger partial charge in [0.05, 0.1) is 6.33 Å². The van der Waals surface area contributed by atoms with Crippen molar-refractivity contribution in [2.75, 3.05) is 13.1 Å². The van der Waals surface area contributed by atoms with Crippen LogP contribution in [0.3, 0.4) is 0 Å². The highest BCUT2D eigenvalue weighted by molar-refractivity contribution is 5.86. The third-order valence-corrected chi connectivity index (χ3v) is 5.24. The Hall–Kier alpha value is -2.82. The molecule has 2 aromatic carbocycles. The van der Waals surface area contributed by atoms with Crippen LogP contribution >= 0.6 is 0 Å². The number of amides is 2. The van der Waals surface area contributed by atoms with Crippen molar-refractivity contribution in [1.82, 2.24) is 19.8 Å². The minimum Gasteiger partial charge on any atom is -0.337 e. The number of piperidine rings is 1. The molecule has 0 unspecified atom stereocenters. The SMILES string of the molecule is O=C(NCc1cccc2ccccc12)N1CCC(Cn2ccnc2)CC1. The van der Waals surface area contributed by atoms with Gasteiger partial charge in [-0.1, -0.05) is 42.5 Å². The summed E-state index contributed by atoms with van der Waals surface area (Å²) in [5.74, 6) is 0.617. The smallest absolute Gasteiger partial charge is 0.317 e. The first-order chi connectivity index (χ1) is 12.8. The highest BCUT2D eigenvalue weighted by atomic mass is 16.2. The largest absolute Gasteiger partial charge is 0.337 e. The van der Waals surface area contributed by atoms with Crippen LogP contribution in [0.15, 0.2) is 61.2 Å². The van der Waals surface area contributed by atoms with E-state index in [2.05, 4.69) is 39.1 Å². The first-order valence-electron chi connectivity index (χ1n) is 9.25. The van der Waals surface area contributed by atoms with Crippen LogP contribution in [-0.2, 0) is 13.1 Å². The number of carbonyl (C=O) groups is 1. The van der Waals surface area contributed by atoms with Gasteiger partial charge in [-0.3, -0.25) is 0 Å². The lowest BCUT2D eigenvalue weighted by atomic mass is 9.97. The van der Waals surface area contributed by atoms with E-state index in [1.807, 2.05) is 41.8 Å². The second-order valence-electron chi connectivity index (χ2n) is 6.99. The number of rotatable bonds is 4. The van der Waals surface area contributed by atoms with E-state index < -0.39 is 0 Å². The van der Waals surface area contributed by atoms with E-state index in [0.717, 1.165) is 38.0 Å². The van der Waals surface area contributed by atoms with Gasteiger partial charge in [0.25, 0.3) is 0 Å². The fourth-order valence-corrected chi connectivity index (χ4v) is 3.74. The Bertz CT molecular complexity index is 861. The normalized spacial score (nSPS) is 15.3. The molecular formula is C21H24N4O. The van der Waals surface area contributed by atoms with Crippen molar-refractivity contribution in [3.63, 3.8) is 0 Å². The van der Waals surface area contributed by atoms with Gasteiger partial charge >= 0.3 is 6.03 Å². The van der Waals surface area contributed by atoms with E-state index in [0.29, 0.717) is 12.5 Å². The topological polar surface area (TPSA) is 50.2 Å². The Morgan fingerprint density at radius 1 is 1.12 bits per heavy atom. The van der Waals surface area contributed by atoms with Gasteiger partial charge in [0.15, 0.2) is 0 Å². The van der Waals surface area contributed by atoms with Gasteiger partial charge in [-0.05, 0) is 35.1 Å². The third kappa shape index (κ3) is 3.72. The van der Waals surface area contributed by atoms with Gasteiger partial charge in [-0.25, -0.2) is 9.78 Å². The number of carbonyl (C=O) groups excluding carboxylic acids is 1. The number of likely N-dealkylation sites (tertiary alicyclic amines) is 1. The summed E-state index contributed by atoms with van der Waals surface area (Å²) in [4.78, 5) is 18.6. The van der Waals surface area contributed by atoms with E-state index in [1.165, 1.54) is 10.8 Å². The molecule has 3 aromatic rings. The number of fused-ring (bicyclic) bond motifs is 1. The molecule has 1 aliphatic rings. The second-order valence-corrected chi connectivity index (χ2v) is 6.99. The molecule has 0 spiro atoms. The van der Waals surface area contributed by atoms with Gasteiger partial charge in [0.1, 0.15) is 0 Å². The van der Waals surface area contributed by atoms with Crippen LogP contribution in [0.1, 0.15) is 18.4 Å². The Balaban J connectivity index is 1.30. The molecule has 0 atom stereocenters. The molecule has 1 N–H and O–H groups in total. The molecule has 26 heavy (non-hydrogen) atoms. The highest BCUT2D eigenvalue weighted by Gasteiger charge is 2.22. The summed E-state index contributed by atoms with van der Waals surface area (Å²) >= 11 is 0. The van der Waals surface area contributed by atoms with Crippen molar-refractivity contribution in [1.29, 1.82) is 0 Å². The Morgan fingerprint density at radius 3 is 2.73 bits per heavy atom. The summed E-state index contributed by atoms with van der Waals surface area (Å²) < 4.78 is 2.13. The molecule has 5 nitrogen and oxygen atoms in total. The number of hydrogen-bond donors (Lipinski definition) is 1. The van der Waals surface area contributed by atoms with Gasteiger partial charge in [0.2, 0.25) is 0 Å². The van der Waals surface area contributed by atoms with Crippen molar-refractivity contribution >= 4 is 16.8 Å². The number of nitrogens with zero attached hydrogens (tertiary/aromatic N) is 3. The summed E-state index contributed by atoms with van der Waals surface area (Å²) in [5.41, 5.74) is 1.16. The van der Waals surface area contributed by atoms with Gasteiger partial charge in [-0.2, -0.15) is 0 Å². The molecule has 5 heteroatoms. The number of urea groups is 1. The number of hydrogen-bond acceptors (Lipinski definition) is 2. The predicted octanol–water partition coefficient (Wildman–Crippen LogP) is 3.66. The van der Waals surface area contributed by atoms with E-state index >= 15 is 0 Å². The van der Waals surface area contributed by atoms with Crippen molar-refractivity contribution in [2.24, 2.45) is 5.92 Å². The van der Waals surface area contributed by atoms with Crippen molar-refractivity contribution in [2.45, 2.75) is 25.9 Å². The third-order valence-electron chi connectivity index (χ3n) is 5.24. The Labute approximate surface area is 153 Å². The standard InChI is InChI=1S/C21H24N4O/c26-21(23-14-19-6-3-5-18-4-1-2-7-20(18)19)25-11-8-17(9-12-25)15-24-13-10-22-16-24/h1-7,10,13,16-17H,8-9,11-12,14-15H2,(H,23,26). The maximum atomic E-state index is 12.5. The molecule has 134 valence electrons. The summed E-state index contributed by atoms with van der Waals surface area (Å²) in [7, 11) is 0. The quantitative estimate of drug-likeness (QED) is 0.782. The zero-order valence-electron chi connectivity index (χ0n) is 14.8. The average molecular weight is 348 g/mol. The molecule has 1 aromatic heterocycles. The molecule has 1 fully saturated rings. The van der Waals surface area contributed by atoms with Crippen LogP contribution in [0.4, 0.5) is 4.79 Å². The first kappa shape index (κ1) is 16.6.